The molecule has 1 aromatic heterocycles. The molecule has 4 rings (SSSR count). The van der Waals surface area contributed by atoms with E-state index in [1.807, 2.05) is 30.3 Å². The zero-order valence-corrected chi connectivity index (χ0v) is 14.3. The third kappa shape index (κ3) is 3.79. The zero-order chi connectivity index (χ0) is 18.6. The lowest BCUT2D eigenvalue weighted by Gasteiger charge is -2.04. The number of ether oxygens (including phenoxy) is 1. The molecule has 1 aliphatic heterocycles. The van der Waals surface area contributed by atoms with Crippen LogP contribution in [0.5, 0.6) is 5.75 Å². The zero-order valence-electron chi connectivity index (χ0n) is 14.3. The van der Waals surface area contributed by atoms with Crippen molar-refractivity contribution in [2.24, 2.45) is 4.99 Å². The van der Waals surface area contributed by atoms with Gasteiger partial charge in [-0.25, -0.2) is 4.99 Å². The molecule has 0 saturated carbocycles. The highest BCUT2D eigenvalue weighted by atomic mass is 16.5. The Morgan fingerprint density at radius 2 is 1.78 bits per heavy atom. The highest BCUT2D eigenvalue weighted by molar-refractivity contribution is 6.45. The van der Waals surface area contributed by atoms with Gasteiger partial charge in [0.05, 0.1) is 5.69 Å². The lowest BCUT2D eigenvalue weighted by Crippen LogP contribution is -2.26. The van der Waals surface area contributed by atoms with E-state index in [1.165, 1.54) is 0 Å². The molecule has 6 heteroatoms. The van der Waals surface area contributed by atoms with E-state index in [0.29, 0.717) is 23.6 Å². The maximum absolute atomic E-state index is 12.4. The molecule has 0 atom stereocenters. The van der Waals surface area contributed by atoms with Gasteiger partial charge in [-0.2, -0.15) is 0 Å². The number of benzene rings is 2. The molecule has 1 N–H and O–H groups in total. The van der Waals surface area contributed by atoms with E-state index >= 15 is 0 Å². The molecule has 0 saturated heterocycles. The monoisotopic (exact) mass is 360 g/mol. The van der Waals surface area contributed by atoms with Crippen molar-refractivity contribution in [1.82, 2.24) is 0 Å². The maximum Gasteiger partial charge on any atom is 0.313 e. The van der Waals surface area contributed by atoms with E-state index in [4.69, 9.17) is 9.15 Å². The van der Waals surface area contributed by atoms with Gasteiger partial charge in [-0.1, -0.05) is 42.5 Å². The Morgan fingerprint density at radius 3 is 2.63 bits per heavy atom. The molecular formula is C21H16N2O4. The van der Waals surface area contributed by atoms with Crippen LogP contribution in [0.25, 0.3) is 0 Å². The number of aliphatic imine (C=N–C) groups is 1. The number of carbonyl (C=O) groups excluding carboxylic acids is 2. The summed E-state index contributed by atoms with van der Waals surface area (Å²) in [7, 11) is 0. The van der Waals surface area contributed by atoms with Crippen LogP contribution in [0, 0.1) is 0 Å². The van der Waals surface area contributed by atoms with Gasteiger partial charge < -0.3 is 14.5 Å². The molecule has 27 heavy (non-hydrogen) atoms. The molecule has 134 valence electrons. The molecule has 0 bridgehead atoms. The van der Waals surface area contributed by atoms with Gasteiger partial charge >= 0.3 is 5.91 Å². The van der Waals surface area contributed by atoms with Crippen molar-refractivity contribution in [2.45, 2.75) is 6.42 Å². The normalized spacial score (nSPS) is 14.8. The molecule has 2 amide bonds. The second-order valence-corrected chi connectivity index (χ2v) is 6.03. The summed E-state index contributed by atoms with van der Waals surface area (Å²) in [5, 5.41) is 2.69. The number of nitrogens with one attached hydrogen (secondary N) is 1. The molecule has 0 aliphatic carbocycles. The van der Waals surface area contributed by atoms with Crippen LogP contribution in [-0.2, 0) is 11.2 Å². The van der Waals surface area contributed by atoms with Crippen molar-refractivity contribution in [3.8, 4) is 5.75 Å². The summed E-state index contributed by atoms with van der Waals surface area (Å²) in [6.07, 6.45) is 0.573. The first-order chi connectivity index (χ1) is 13.2. The third-order valence-corrected chi connectivity index (χ3v) is 4.09. The van der Waals surface area contributed by atoms with Crippen molar-refractivity contribution in [3.63, 3.8) is 0 Å². The van der Waals surface area contributed by atoms with Gasteiger partial charge in [0.25, 0.3) is 5.91 Å². The Kier molecular flexibility index (Phi) is 4.53. The van der Waals surface area contributed by atoms with Crippen LogP contribution in [0.4, 0.5) is 5.69 Å². The van der Waals surface area contributed by atoms with Gasteiger partial charge in [0.2, 0.25) is 0 Å². The SMILES string of the molecule is O=C1Nc2ccccc2OCC1=NC(=O)c1ccc(Cc2ccccc2)o1. The van der Waals surface area contributed by atoms with E-state index in [9.17, 15) is 9.59 Å². The maximum atomic E-state index is 12.4. The van der Waals surface area contributed by atoms with Crippen LogP contribution in [0.1, 0.15) is 21.9 Å². The molecule has 2 heterocycles. The van der Waals surface area contributed by atoms with Gasteiger partial charge in [-0.05, 0) is 29.8 Å². The second kappa shape index (κ2) is 7.29. The molecule has 0 fully saturated rings. The fourth-order valence-electron chi connectivity index (χ4n) is 2.75. The largest absolute Gasteiger partial charge is 0.485 e. The summed E-state index contributed by atoms with van der Waals surface area (Å²) >= 11 is 0. The standard InChI is InChI=1S/C21H16N2O4/c24-20-17(13-26-18-9-5-4-8-16(18)22-20)23-21(25)19-11-10-15(27-19)12-14-6-2-1-3-7-14/h1-11H,12-13H2,(H,22,24). The van der Waals surface area contributed by atoms with Crippen LogP contribution in [0.15, 0.2) is 76.1 Å². The number of rotatable bonds is 3. The second-order valence-electron chi connectivity index (χ2n) is 6.03. The number of carbonyl (C=O) groups is 2. The number of furan rings is 1. The summed E-state index contributed by atoms with van der Waals surface area (Å²) < 4.78 is 11.1. The van der Waals surface area contributed by atoms with Gasteiger partial charge in [0.15, 0.2) is 5.76 Å². The average Bonchev–Trinajstić information content (AvgIpc) is 3.09. The summed E-state index contributed by atoms with van der Waals surface area (Å²) in [5.74, 6) is 0.187. The Morgan fingerprint density at radius 1 is 1.00 bits per heavy atom. The van der Waals surface area contributed by atoms with E-state index in [1.54, 1.807) is 36.4 Å². The van der Waals surface area contributed by atoms with Crippen molar-refractivity contribution >= 4 is 23.2 Å². The van der Waals surface area contributed by atoms with Crippen LogP contribution in [0.3, 0.4) is 0 Å². The average molecular weight is 360 g/mol. The topological polar surface area (TPSA) is 80.9 Å². The van der Waals surface area contributed by atoms with Crippen molar-refractivity contribution in [2.75, 3.05) is 11.9 Å². The summed E-state index contributed by atoms with van der Waals surface area (Å²) in [4.78, 5) is 28.6. The van der Waals surface area contributed by atoms with Crippen LogP contribution in [-0.4, -0.2) is 24.1 Å². The molecule has 0 spiro atoms. The van der Waals surface area contributed by atoms with E-state index < -0.39 is 11.8 Å². The first kappa shape index (κ1) is 16.8. The number of hydrogen-bond acceptors (Lipinski definition) is 4. The molecule has 1 aliphatic rings. The highest BCUT2D eigenvalue weighted by Gasteiger charge is 2.22. The van der Waals surface area contributed by atoms with Crippen molar-refractivity contribution < 1.29 is 18.7 Å². The Balaban J connectivity index is 1.49. The van der Waals surface area contributed by atoms with E-state index in [0.717, 1.165) is 5.56 Å². The summed E-state index contributed by atoms with van der Waals surface area (Å²) in [6, 6.07) is 20.1. The van der Waals surface area contributed by atoms with Crippen LogP contribution < -0.4 is 10.1 Å². The Labute approximate surface area is 155 Å². The quantitative estimate of drug-likeness (QED) is 0.775. The number of anilines is 1. The molecule has 0 radical (unpaired) electrons. The number of nitrogens with zero attached hydrogens (tertiary/aromatic N) is 1. The van der Waals surface area contributed by atoms with Crippen LogP contribution in [0.2, 0.25) is 0 Å². The highest BCUT2D eigenvalue weighted by Crippen LogP contribution is 2.25. The fourth-order valence-corrected chi connectivity index (χ4v) is 2.75. The minimum absolute atomic E-state index is 0.00258. The number of para-hydroxylation sites is 2. The van der Waals surface area contributed by atoms with Gasteiger partial charge in [0.1, 0.15) is 23.8 Å². The van der Waals surface area contributed by atoms with Gasteiger partial charge in [-0.15, -0.1) is 0 Å². The van der Waals surface area contributed by atoms with E-state index in [-0.39, 0.29) is 18.1 Å². The molecule has 6 nitrogen and oxygen atoms in total. The minimum Gasteiger partial charge on any atom is -0.485 e. The Bertz CT molecular complexity index is 1020. The lowest BCUT2D eigenvalue weighted by atomic mass is 10.1. The molecular weight excluding hydrogens is 344 g/mol. The van der Waals surface area contributed by atoms with Crippen molar-refractivity contribution in [3.05, 3.63) is 83.8 Å². The molecule has 3 aromatic rings. The van der Waals surface area contributed by atoms with Gasteiger partial charge in [-0.3, -0.25) is 9.59 Å². The minimum atomic E-state index is -0.617. The fraction of sp³-hybridized carbons (Fsp3) is 0.0952. The van der Waals surface area contributed by atoms with Crippen LogP contribution >= 0.6 is 0 Å². The molecule has 0 unspecified atom stereocenters. The first-order valence-electron chi connectivity index (χ1n) is 8.47. The number of hydrogen-bond donors (Lipinski definition) is 1. The summed E-state index contributed by atoms with van der Waals surface area (Å²) in [6.45, 7) is -0.0911. The predicted octanol–water partition coefficient (Wildman–Crippen LogP) is 3.48. The van der Waals surface area contributed by atoms with E-state index in [2.05, 4.69) is 10.3 Å². The molecule has 2 aromatic carbocycles. The Hall–Kier alpha value is -3.67. The number of amides is 2. The third-order valence-electron chi connectivity index (χ3n) is 4.09. The van der Waals surface area contributed by atoms with Gasteiger partial charge in [0, 0.05) is 6.42 Å². The predicted molar refractivity (Wildman–Crippen MR) is 100 cm³/mol. The number of fused-ring (bicyclic) bond motifs is 1. The summed E-state index contributed by atoms with van der Waals surface area (Å²) in [5.41, 5.74) is 1.62. The first-order valence-corrected chi connectivity index (χ1v) is 8.47. The van der Waals surface area contributed by atoms with Crippen molar-refractivity contribution in [1.29, 1.82) is 0 Å². The lowest BCUT2D eigenvalue weighted by molar-refractivity contribution is -0.110. The smallest absolute Gasteiger partial charge is 0.313 e.